The van der Waals surface area contributed by atoms with Crippen molar-refractivity contribution in [3.63, 3.8) is 0 Å². The zero-order valence-electron chi connectivity index (χ0n) is 12.9. The lowest BCUT2D eigenvalue weighted by Gasteiger charge is -2.15. The molecule has 0 aliphatic rings. The van der Waals surface area contributed by atoms with E-state index >= 15 is 0 Å². The van der Waals surface area contributed by atoms with Crippen molar-refractivity contribution in [2.24, 2.45) is 5.73 Å². The van der Waals surface area contributed by atoms with Gasteiger partial charge in [0.25, 0.3) is 0 Å². The molecular formula is C18H19Cl2N3O. The van der Waals surface area contributed by atoms with Crippen molar-refractivity contribution < 1.29 is 4.79 Å². The van der Waals surface area contributed by atoms with Crippen LogP contribution in [0.4, 0.5) is 5.69 Å². The fourth-order valence-corrected chi connectivity index (χ4v) is 2.47. The first-order chi connectivity index (χ1) is 10.8. The summed E-state index contributed by atoms with van der Waals surface area (Å²) < 4.78 is 0. The number of carbonyl (C=O) groups is 1. The minimum Gasteiger partial charge on any atom is -0.329 e. The van der Waals surface area contributed by atoms with E-state index in [0.717, 1.165) is 22.0 Å². The van der Waals surface area contributed by atoms with Gasteiger partial charge in [0.2, 0.25) is 5.91 Å². The van der Waals surface area contributed by atoms with Crippen LogP contribution in [-0.4, -0.2) is 17.4 Å². The second-order valence-corrected chi connectivity index (χ2v) is 5.13. The molecule has 0 spiro atoms. The summed E-state index contributed by atoms with van der Waals surface area (Å²) in [5, 5.41) is 5.02. The Balaban J connectivity index is 0.00000144. The average molecular weight is 364 g/mol. The minimum absolute atomic E-state index is 0. The molecule has 1 atom stereocenters. The molecule has 2 aromatic carbocycles. The number of hydrogen-bond acceptors (Lipinski definition) is 3. The van der Waals surface area contributed by atoms with E-state index in [0.29, 0.717) is 0 Å². The summed E-state index contributed by atoms with van der Waals surface area (Å²) in [5.74, 6) is -0.448. The fraction of sp³-hybridized carbons (Fsp3) is 0.111. The zero-order valence-corrected chi connectivity index (χ0v) is 14.5. The molecule has 1 aromatic heterocycles. The van der Waals surface area contributed by atoms with Crippen LogP contribution in [0.1, 0.15) is 11.5 Å². The van der Waals surface area contributed by atoms with E-state index in [1.807, 2.05) is 54.6 Å². The third-order valence-electron chi connectivity index (χ3n) is 3.66. The van der Waals surface area contributed by atoms with Crippen LogP contribution in [0.2, 0.25) is 0 Å². The predicted molar refractivity (Wildman–Crippen MR) is 103 cm³/mol. The van der Waals surface area contributed by atoms with Crippen LogP contribution in [0, 0.1) is 0 Å². The molecular weight excluding hydrogens is 345 g/mol. The van der Waals surface area contributed by atoms with Crippen molar-refractivity contribution in [3.05, 3.63) is 72.6 Å². The highest BCUT2D eigenvalue weighted by Crippen LogP contribution is 2.21. The van der Waals surface area contributed by atoms with Gasteiger partial charge in [-0.1, -0.05) is 36.4 Å². The van der Waals surface area contributed by atoms with Crippen molar-refractivity contribution in [3.8, 4) is 0 Å². The predicted octanol–water partition coefficient (Wildman–Crippen LogP) is 3.76. The summed E-state index contributed by atoms with van der Waals surface area (Å²) in [7, 11) is 0. The van der Waals surface area contributed by atoms with Crippen molar-refractivity contribution in [2.45, 2.75) is 5.92 Å². The Hall–Kier alpha value is -2.14. The highest BCUT2D eigenvalue weighted by Gasteiger charge is 2.18. The standard InChI is InChI=1S/C18H17N3O.2ClH/c19-11-17(13-4-2-1-3-5-13)18(22)21-16-7-6-15-12-20-9-8-14(15)10-16;;/h1-10,12,17H,11,19H2,(H,21,22);2*1H/t17-;;/m1../s1. The Labute approximate surface area is 153 Å². The highest BCUT2D eigenvalue weighted by atomic mass is 35.5. The molecule has 0 fully saturated rings. The summed E-state index contributed by atoms with van der Waals surface area (Å²) in [6.07, 6.45) is 3.54. The summed E-state index contributed by atoms with van der Waals surface area (Å²) >= 11 is 0. The van der Waals surface area contributed by atoms with Crippen molar-refractivity contribution in [1.82, 2.24) is 4.98 Å². The molecule has 0 bridgehead atoms. The SMILES string of the molecule is Cl.Cl.NC[C@@H](C(=O)Nc1ccc2cnccc2c1)c1ccccc1. The third kappa shape index (κ3) is 4.45. The Morgan fingerprint density at radius 1 is 1.04 bits per heavy atom. The number of amides is 1. The smallest absolute Gasteiger partial charge is 0.233 e. The van der Waals surface area contributed by atoms with Crippen LogP contribution in [0.15, 0.2) is 67.0 Å². The molecule has 24 heavy (non-hydrogen) atoms. The number of nitrogens with zero attached hydrogens (tertiary/aromatic N) is 1. The van der Waals surface area contributed by atoms with Gasteiger partial charge in [-0.15, -0.1) is 24.8 Å². The molecule has 6 heteroatoms. The van der Waals surface area contributed by atoms with Crippen LogP contribution in [-0.2, 0) is 4.79 Å². The highest BCUT2D eigenvalue weighted by molar-refractivity contribution is 5.98. The van der Waals surface area contributed by atoms with Gasteiger partial charge in [-0.25, -0.2) is 0 Å². The van der Waals surface area contributed by atoms with E-state index < -0.39 is 0 Å². The number of aromatic nitrogens is 1. The Morgan fingerprint density at radius 3 is 2.50 bits per heavy atom. The number of pyridine rings is 1. The molecule has 1 amide bonds. The van der Waals surface area contributed by atoms with E-state index in [2.05, 4.69) is 10.3 Å². The van der Waals surface area contributed by atoms with Crippen molar-refractivity contribution in [2.75, 3.05) is 11.9 Å². The molecule has 126 valence electrons. The number of nitrogens with one attached hydrogen (secondary N) is 1. The maximum Gasteiger partial charge on any atom is 0.233 e. The van der Waals surface area contributed by atoms with Gasteiger partial charge in [0, 0.05) is 30.0 Å². The van der Waals surface area contributed by atoms with Crippen molar-refractivity contribution >= 4 is 47.2 Å². The monoisotopic (exact) mass is 363 g/mol. The maximum atomic E-state index is 12.5. The zero-order chi connectivity index (χ0) is 15.4. The minimum atomic E-state index is -0.352. The van der Waals surface area contributed by atoms with Gasteiger partial charge in [0.1, 0.15) is 0 Å². The molecule has 0 saturated carbocycles. The number of fused-ring (bicyclic) bond motifs is 1. The third-order valence-corrected chi connectivity index (χ3v) is 3.66. The van der Waals surface area contributed by atoms with E-state index in [4.69, 9.17) is 5.73 Å². The number of carbonyl (C=O) groups excluding carboxylic acids is 1. The van der Waals surface area contributed by atoms with Gasteiger partial charge >= 0.3 is 0 Å². The molecule has 3 N–H and O–H groups in total. The summed E-state index contributed by atoms with van der Waals surface area (Å²) in [5.41, 5.74) is 7.47. The summed E-state index contributed by atoms with van der Waals surface area (Å²) in [6.45, 7) is 0.271. The molecule has 0 unspecified atom stereocenters. The van der Waals surface area contributed by atoms with Gasteiger partial charge in [0.05, 0.1) is 5.92 Å². The molecule has 3 rings (SSSR count). The summed E-state index contributed by atoms with van der Waals surface area (Å²) in [6, 6.07) is 17.3. The van der Waals surface area contributed by atoms with Gasteiger partial charge in [0.15, 0.2) is 0 Å². The second kappa shape index (κ2) is 9.23. The molecule has 0 aliphatic heterocycles. The lowest BCUT2D eigenvalue weighted by atomic mass is 9.98. The Bertz CT molecular complexity index is 796. The largest absolute Gasteiger partial charge is 0.329 e. The van der Waals surface area contributed by atoms with Gasteiger partial charge in [-0.3, -0.25) is 9.78 Å². The molecule has 0 saturated heterocycles. The number of rotatable bonds is 4. The van der Waals surface area contributed by atoms with Crippen LogP contribution in [0.5, 0.6) is 0 Å². The van der Waals surface area contributed by atoms with E-state index in [-0.39, 0.29) is 43.2 Å². The van der Waals surface area contributed by atoms with Gasteiger partial charge in [-0.2, -0.15) is 0 Å². The van der Waals surface area contributed by atoms with Crippen LogP contribution >= 0.6 is 24.8 Å². The maximum absolute atomic E-state index is 12.5. The molecule has 3 aromatic rings. The molecule has 0 radical (unpaired) electrons. The first-order valence-electron chi connectivity index (χ1n) is 7.17. The molecule has 1 heterocycles. The molecule has 0 aliphatic carbocycles. The lowest BCUT2D eigenvalue weighted by Crippen LogP contribution is -2.27. The van der Waals surface area contributed by atoms with Crippen LogP contribution < -0.4 is 11.1 Å². The summed E-state index contributed by atoms with van der Waals surface area (Å²) in [4.78, 5) is 16.6. The fourth-order valence-electron chi connectivity index (χ4n) is 2.47. The van der Waals surface area contributed by atoms with Gasteiger partial charge < -0.3 is 11.1 Å². The quantitative estimate of drug-likeness (QED) is 0.741. The first-order valence-corrected chi connectivity index (χ1v) is 7.17. The number of hydrogen-bond donors (Lipinski definition) is 2. The van der Waals surface area contributed by atoms with Crippen LogP contribution in [0.25, 0.3) is 10.8 Å². The van der Waals surface area contributed by atoms with E-state index in [1.165, 1.54) is 0 Å². The lowest BCUT2D eigenvalue weighted by molar-refractivity contribution is -0.117. The second-order valence-electron chi connectivity index (χ2n) is 5.13. The van der Waals surface area contributed by atoms with Gasteiger partial charge in [-0.05, 0) is 29.1 Å². The molecule has 4 nitrogen and oxygen atoms in total. The van der Waals surface area contributed by atoms with E-state index in [9.17, 15) is 4.79 Å². The number of anilines is 1. The number of benzene rings is 2. The normalized spacial score (nSPS) is 11.0. The Kier molecular flexibility index (Phi) is 7.65. The first kappa shape index (κ1) is 19.9. The van der Waals surface area contributed by atoms with Crippen molar-refractivity contribution in [1.29, 1.82) is 0 Å². The number of halogens is 2. The average Bonchev–Trinajstić information content (AvgIpc) is 2.56. The Morgan fingerprint density at radius 2 is 1.79 bits per heavy atom. The van der Waals surface area contributed by atoms with E-state index in [1.54, 1.807) is 12.4 Å². The van der Waals surface area contributed by atoms with Crippen LogP contribution in [0.3, 0.4) is 0 Å². The number of nitrogens with two attached hydrogens (primary N) is 1. The topological polar surface area (TPSA) is 68.0 Å².